The second-order valence-corrected chi connectivity index (χ2v) is 6.38. The lowest BCUT2D eigenvalue weighted by molar-refractivity contribution is 0.330. The van der Waals surface area contributed by atoms with Crippen LogP contribution in [0.1, 0.15) is 31.4 Å². The summed E-state index contributed by atoms with van der Waals surface area (Å²) in [6.45, 7) is 3.82. The van der Waals surface area contributed by atoms with Gasteiger partial charge in [0.1, 0.15) is 0 Å². The van der Waals surface area contributed by atoms with Crippen LogP contribution in [0.2, 0.25) is 0 Å². The van der Waals surface area contributed by atoms with Crippen molar-refractivity contribution in [3.63, 3.8) is 0 Å². The molecular weight excluding hydrogens is 272 g/mol. The van der Waals surface area contributed by atoms with Gasteiger partial charge in [0.05, 0.1) is 16.7 Å². The molecule has 1 aliphatic heterocycles. The molecule has 118 valence electrons. The molecule has 2 heterocycles. The van der Waals surface area contributed by atoms with E-state index in [9.17, 15) is 0 Å². The van der Waals surface area contributed by atoms with E-state index >= 15 is 0 Å². The maximum atomic E-state index is 4.85. The zero-order valence-electron chi connectivity index (χ0n) is 13.8. The SMILES string of the molecule is CN(C)c1nc2ccccc2nc1CCCCN1CCCC1. The van der Waals surface area contributed by atoms with E-state index < -0.39 is 0 Å². The van der Waals surface area contributed by atoms with Crippen LogP contribution in [-0.2, 0) is 6.42 Å². The highest BCUT2D eigenvalue weighted by atomic mass is 15.2. The molecule has 1 aliphatic rings. The molecule has 0 bridgehead atoms. The topological polar surface area (TPSA) is 32.3 Å². The Labute approximate surface area is 133 Å². The highest BCUT2D eigenvalue weighted by molar-refractivity contribution is 5.76. The molecule has 1 aromatic carbocycles. The summed E-state index contributed by atoms with van der Waals surface area (Å²) in [5.74, 6) is 1.01. The Morgan fingerprint density at radius 2 is 1.68 bits per heavy atom. The number of para-hydroxylation sites is 2. The van der Waals surface area contributed by atoms with Crippen molar-refractivity contribution < 1.29 is 0 Å². The van der Waals surface area contributed by atoms with Gasteiger partial charge in [0, 0.05) is 14.1 Å². The number of nitrogens with zero attached hydrogens (tertiary/aromatic N) is 4. The number of likely N-dealkylation sites (tertiary alicyclic amines) is 1. The lowest BCUT2D eigenvalue weighted by atomic mass is 10.1. The number of benzene rings is 1. The highest BCUT2D eigenvalue weighted by Gasteiger charge is 2.12. The first-order valence-corrected chi connectivity index (χ1v) is 8.39. The van der Waals surface area contributed by atoms with Crippen LogP contribution >= 0.6 is 0 Å². The minimum atomic E-state index is 0.979. The van der Waals surface area contributed by atoms with Gasteiger partial charge in [-0.25, -0.2) is 9.97 Å². The van der Waals surface area contributed by atoms with Gasteiger partial charge < -0.3 is 9.80 Å². The minimum Gasteiger partial charge on any atom is -0.361 e. The maximum absolute atomic E-state index is 4.85. The van der Waals surface area contributed by atoms with Crippen molar-refractivity contribution in [1.82, 2.24) is 14.9 Å². The third kappa shape index (κ3) is 3.55. The first-order valence-electron chi connectivity index (χ1n) is 8.39. The van der Waals surface area contributed by atoms with Gasteiger partial charge in [-0.1, -0.05) is 12.1 Å². The quantitative estimate of drug-likeness (QED) is 0.767. The van der Waals surface area contributed by atoms with Crippen molar-refractivity contribution in [2.24, 2.45) is 0 Å². The normalized spacial score (nSPS) is 15.5. The van der Waals surface area contributed by atoms with E-state index in [0.717, 1.165) is 29.0 Å². The fourth-order valence-electron chi connectivity index (χ4n) is 3.19. The molecule has 1 fully saturated rings. The Balaban J connectivity index is 1.66. The summed E-state index contributed by atoms with van der Waals surface area (Å²) in [7, 11) is 4.10. The van der Waals surface area contributed by atoms with Gasteiger partial charge in [-0.15, -0.1) is 0 Å². The highest BCUT2D eigenvalue weighted by Crippen LogP contribution is 2.20. The molecule has 1 saturated heterocycles. The summed E-state index contributed by atoms with van der Waals surface area (Å²) in [4.78, 5) is 14.3. The van der Waals surface area contributed by atoms with E-state index in [1.54, 1.807) is 0 Å². The monoisotopic (exact) mass is 298 g/mol. The lowest BCUT2D eigenvalue weighted by Gasteiger charge is -2.17. The molecule has 0 N–H and O–H groups in total. The number of rotatable bonds is 6. The zero-order chi connectivity index (χ0) is 15.4. The van der Waals surface area contributed by atoms with Gasteiger partial charge in [-0.3, -0.25) is 0 Å². The van der Waals surface area contributed by atoms with Crippen molar-refractivity contribution in [3.8, 4) is 0 Å². The Morgan fingerprint density at radius 3 is 2.36 bits per heavy atom. The fraction of sp³-hybridized carbons (Fsp3) is 0.556. The van der Waals surface area contributed by atoms with Crippen molar-refractivity contribution in [3.05, 3.63) is 30.0 Å². The second kappa shape index (κ2) is 7.05. The average Bonchev–Trinajstić information content (AvgIpc) is 3.04. The third-order valence-electron chi connectivity index (χ3n) is 4.38. The first-order chi connectivity index (χ1) is 10.7. The molecule has 22 heavy (non-hydrogen) atoms. The summed E-state index contributed by atoms with van der Waals surface area (Å²) in [6.07, 6.45) is 6.20. The summed E-state index contributed by atoms with van der Waals surface area (Å²) in [5, 5.41) is 0. The predicted molar refractivity (Wildman–Crippen MR) is 92.5 cm³/mol. The van der Waals surface area contributed by atoms with Crippen LogP contribution in [-0.4, -0.2) is 48.6 Å². The molecule has 0 amide bonds. The molecule has 4 nitrogen and oxygen atoms in total. The van der Waals surface area contributed by atoms with Gasteiger partial charge in [0.25, 0.3) is 0 Å². The maximum Gasteiger partial charge on any atom is 0.150 e. The van der Waals surface area contributed by atoms with Gasteiger partial charge >= 0.3 is 0 Å². The number of aromatic nitrogens is 2. The van der Waals surface area contributed by atoms with Gasteiger partial charge in [-0.05, 0) is 63.9 Å². The Morgan fingerprint density at radius 1 is 1.00 bits per heavy atom. The molecule has 1 aromatic heterocycles. The van der Waals surface area contributed by atoms with Crippen molar-refractivity contribution >= 4 is 16.9 Å². The van der Waals surface area contributed by atoms with Gasteiger partial charge in [0.15, 0.2) is 5.82 Å². The molecule has 0 spiro atoms. The first kappa shape index (κ1) is 15.2. The second-order valence-electron chi connectivity index (χ2n) is 6.38. The van der Waals surface area contributed by atoms with Crippen LogP contribution in [0.5, 0.6) is 0 Å². The van der Waals surface area contributed by atoms with E-state index in [-0.39, 0.29) is 0 Å². The summed E-state index contributed by atoms with van der Waals surface area (Å²) in [6, 6.07) is 8.14. The lowest BCUT2D eigenvalue weighted by Crippen LogP contribution is -2.20. The smallest absolute Gasteiger partial charge is 0.150 e. The van der Waals surface area contributed by atoms with E-state index in [1.165, 1.54) is 45.3 Å². The van der Waals surface area contributed by atoms with E-state index in [0.29, 0.717) is 0 Å². The molecule has 3 rings (SSSR count). The van der Waals surface area contributed by atoms with Gasteiger partial charge in [0.2, 0.25) is 0 Å². The van der Waals surface area contributed by atoms with Crippen molar-refractivity contribution in [2.45, 2.75) is 32.1 Å². The third-order valence-corrected chi connectivity index (χ3v) is 4.38. The molecule has 0 unspecified atom stereocenters. The van der Waals surface area contributed by atoms with E-state index in [2.05, 4.69) is 15.9 Å². The summed E-state index contributed by atoms with van der Waals surface area (Å²) < 4.78 is 0. The number of fused-ring (bicyclic) bond motifs is 1. The number of unbranched alkanes of at least 4 members (excludes halogenated alkanes) is 1. The zero-order valence-corrected chi connectivity index (χ0v) is 13.8. The van der Waals surface area contributed by atoms with E-state index in [4.69, 9.17) is 9.97 Å². The molecule has 4 heteroatoms. The minimum absolute atomic E-state index is 0.979. The van der Waals surface area contributed by atoms with Crippen LogP contribution in [0.4, 0.5) is 5.82 Å². The number of hydrogen-bond acceptors (Lipinski definition) is 4. The molecule has 2 aromatic rings. The number of hydrogen-bond donors (Lipinski definition) is 0. The largest absolute Gasteiger partial charge is 0.361 e. The molecular formula is C18H26N4. The Hall–Kier alpha value is -1.68. The van der Waals surface area contributed by atoms with Crippen LogP contribution in [0.25, 0.3) is 11.0 Å². The molecule has 0 aliphatic carbocycles. The van der Waals surface area contributed by atoms with Crippen molar-refractivity contribution in [1.29, 1.82) is 0 Å². The standard InChI is InChI=1S/C18H26N4/c1-21(2)18-17(11-5-6-12-22-13-7-8-14-22)19-15-9-3-4-10-16(15)20-18/h3-4,9-10H,5-8,11-14H2,1-2H3. The average molecular weight is 298 g/mol. The molecule has 0 atom stereocenters. The summed E-state index contributed by atoms with van der Waals surface area (Å²) in [5.41, 5.74) is 3.11. The van der Waals surface area contributed by atoms with Crippen LogP contribution in [0.15, 0.2) is 24.3 Å². The molecule has 0 saturated carbocycles. The predicted octanol–water partition coefficient (Wildman–Crippen LogP) is 3.11. The van der Waals surface area contributed by atoms with Crippen LogP contribution < -0.4 is 4.90 Å². The Bertz CT molecular complexity index is 618. The van der Waals surface area contributed by atoms with Crippen LogP contribution in [0, 0.1) is 0 Å². The van der Waals surface area contributed by atoms with Gasteiger partial charge in [-0.2, -0.15) is 0 Å². The number of aryl methyl sites for hydroxylation is 1. The fourth-order valence-corrected chi connectivity index (χ4v) is 3.19. The van der Waals surface area contributed by atoms with Crippen LogP contribution in [0.3, 0.4) is 0 Å². The Kier molecular flexibility index (Phi) is 4.88. The van der Waals surface area contributed by atoms with Crippen molar-refractivity contribution in [2.75, 3.05) is 38.6 Å². The summed E-state index contributed by atoms with van der Waals surface area (Å²) >= 11 is 0. The van der Waals surface area contributed by atoms with E-state index in [1.807, 2.05) is 32.3 Å². The molecule has 0 radical (unpaired) electrons. The number of anilines is 1.